The van der Waals surface area contributed by atoms with Crippen molar-refractivity contribution in [3.63, 3.8) is 0 Å². The number of ether oxygens (including phenoxy) is 2. The van der Waals surface area contributed by atoms with Crippen molar-refractivity contribution in [3.8, 4) is 0 Å². The molecule has 1 aliphatic heterocycles. The van der Waals surface area contributed by atoms with E-state index in [1.807, 2.05) is 12.1 Å². The molecule has 1 aliphatic rings. The van der Waals surface area contributed by atoms with Gasteiger partial charge in [0.15, 0.2) is 0 Å². The Morgan fingerprint density at radius 2 is 2.06 bits per heavy atom. The number of hydrogen-bond acceptors (Lipinski definition) is 3. The molecule has 0 aromatic heterocycles. The summed E-state index contributed by atoms with van der Waals surface area (Å²) in [5.41, 5.74) is 0.594. The van der Waals surface area contributed by atoms with Crippen molar-refractivity contribution >= 4 is 5.97 Å². The number of methoxy groups -OCH3 is 1. The fraction of sp³-hybridized carbons (Fsp3) is 0.429. The summed E-state index contributed by atoms with van der Waals surface area (Å²) < 4.78 is 10.1. The van der Waals surface area contributed by atoms with Gasteiger partial charge in [0.05, 0.1) is 44.3 Å². The van der Waals surface area contributed by atoms with Gasteiger partial charge in [-0.3, -0.25) is 0 Å². The van der Waals surface area contributed by atoms with Crippen LogP contribution in [0.15, 0.2) is 24.3 Å². The van der Waals surface area contributed by atoms with Crippen LogP contribution in [0.5, 0.6) is 0 Å². The van der Waals surface area contributed by atoms with Crippen molar-refractivity contribution in [3.05, 3.63) is 46.8 Å². The van der Waals surface area contributed by atoms with Gasteiger partial charge in [-0.15, -0.1) is 0 Å². The summed E-state index contributed by atoms with van der Waals surface area (Å²) in [7, 11) is 1.35. The molecule has 1 saturated heterocycles. The quantitative estimate of drug-likeness (QED) is 0.593. The van der Waals surface area contributed by atoms with Gasteiger partial charge >= 0.3 is 5.97 Å². The summed E-state index contributed by atoms with van der Waals surface area (Å²) in [6.45, 7) is 8.60. The smallest absolute Gasteiger partial charge is 0.338 e. The predicted molar refractivity (Wildman–Crippen MR) is 66.1 cm³/mol. The number of carbonyl (C=O) groups excluding carboxylic acids is 1. The Bertz CT molecular complexity index is 484. The molecule has 1 aromatic rings. The third kappa shape index (κ3) is 2.09. The summed E-state index contributed by atoms with van der Waals surface area (Å²) in [6.07, 6.45) is 1.23. The largest absolute Gasteiger partial charge is 0.465 e. The Morgan fingerprint density at radius 3 is 2.67 bits per heavy atom. The first-order chi connectivity index (χ1) is 8.73. The Hall–Kier alpha value is -1.86. The van der Waals surface area contributed by atoms with Crippen LogP contribution in [-0.4, -0.2) is 26.3 Å². The molecule has 2 rings (SSSR count). The number of carbonyl (C=O) groups is 1. The maximum atomic E-state index is 11.8. The lowest BCUT2D eigenvalue weighted by molar-refractivity contribution is 0.0565. The van der Waals surface area contributed by atoms with Crippen molar-refractivity contribution in [1.82, 2.24) is 0 Å². The van der Waals surface area contributed by atoms with E-state index in [0.29, 0.717) is 31.6 Å². The highest BCUT2D eigenvalue weighted by Gasteiger charge is 2.43. The van der Waals surface area contributed by atoms with Gasteiger partial charge in [0.25, 0.3) is 5.54 Å². The lowest BCUT2D eigenvalue weighted by Gasteiger charge is -2.27. The van der Waals surface area contributed by atoms with Gasteiger partial charge in [0, 0.05) is 0 Å². The molecule has 0 saturated carbocycles. The van der Waals surface area contributed by atoms with E-state index in [-0.39, 0.29) is 5.97 Å². The topological polar surface area (TPSA) is 39.9 Å². The molecular formula is C14H15NO3. The van der Waals surface area contributed by atoms with Gasteiger partial charge in [0.1, 0.15) is 0 Å². The molecule has 18 heavy (non-hydrogen) atoms. The molecule has 0 spiro atoms. The Morgan fingerprint density at radius 1 is 1.39 bits per heavy atom. The number of hydrogen-bond donors (Lipinski definition) is 0. The highest BCUT2D eigenvalue weighted by molar-refractivity contribution is 5.91. The second-order valence-corrected chi connectivity index (χ2v) is 4.29. The zero-order valence-electron chi connectivity index (χ0n) is 10.3. The monoisotopic (exact) mass is 245 g/mol. The van der Waals surface area contributed by atoms with Crippen molar-refractivity contribution < 1.29 is 14.3 Å². The van der Waals surface area contributed by atoms with Gasteiger partial charge in [-0.1, -0.05) is 18.2 Å². The van der Waals surface area contributed by atoms with Crippen LogP contribution in [0, 0.1) is 6.57 Å². The average Bonchev–Trinajstić information content (AvgIpc) is 2.47. The molecule has 0 atom stereocenters. The summed E-state index contributed by atoms with van der Waals surface area (Å²) in [5, 5.41) is 0. The maximum Gasteiger partial charge on any atom is 0.338 e. The normalized spacial score (nSPS) is 17.8. The minimum Gasteiger partial charge on any atom is -0.465 e. The Labute approximate surface area is 106 Å². The van der Waals surface area contributed by atoms with E-state index < -0.39 is 5.54 Å². The molecule has 0 bridgehead atoms. The maximum absolute atomic E-state index is 11.8. The molecule has 4 nitrogen and oxygen atoms in total. The molecule has 0 aliphatic carbocycles. The van der Waals surface area contributed by atoms with Gasteiger partial charge in [-0.25, -0.2) is 11.4 Å². The summed E-state index contributed by atoms with van der Waals surface area (Å²) in [4.78, 5) is 15.6. The van der Waals surface area contributed by atoms with Gasteiger partial charge in [-0.2, -0.15) is 0 Å². The number of rotatable bonds is 2. The molecule has 4 heteroatoms. The number of benzene rings is 1. The van der Waals surface area contributed by atoms with Crippen molar-refractivity contribution in [2.24, 2.45) is 0 Å². The minimum absolute atomic E-state index is 0.389. The van der Waals surface area contributed by atoms with Crippen LogP contribution in [-0.2, 0) is 15.0 Å². The summed E-state index contributed by atoms with van der Waals surface area (Å²) in [6, 6.07) is 7.19. The first kappa shape index (κ1) is 12.6. The SMILES string of the molecule is [C-]#[N+]C1(c2ccccc2C(=O)OC)CCOCC1. The van der Waals surface area contributed by atoms with Gasteiger partial charge in [-0.05, 0) is 6.07 Å². The minimum atomic E-state index is -0.650. The molecule has 94 valence electrons. The van der Waals surface area contributed by atoms with E-state index in [0.717, 1.165) is 5.56 Å². The highest BCUT2D eigenvalue weighted by Crippen LogP contribution is 2.38. The van der Waals surface area contributed by atoms with E-state index in [1.165, 1.54) is 7.11 Å². The highest BCUT2D eigenvalue weighted by atomic mass is 16.5. The molecule has 1 heterocycles. The van der Waals surface area contributed by atoms with E-state index >= 15 is 0 Å². The molecular weight excluding hydrogens is 230 g/mol. The molecule has 0 unspecified atom stereocenters. The zero-order valence-corrected chi connectivity index (χ0v) is 10.3. The predicted octanol–water partition coefficient (Wildman–Crippen LogP) is 2.40. The molecule has 0 radical (unpaired) electrons. The van der Waals surface area contributed by atoms with Crippen LogP contribution in [0.4, 0.5) is 0 Å². The van der Waals surface area contributed by atoms with Crippen LogP contribution >= 0.6 is 0 Å². The molecule has 0 amide bonds. The Kier molecular flexibility index (Phi) is 3.63. The number of esters is 1. The lowest BCUT2D eigenvalue weighted by atomic mass is 9.81. The zero-order chi connectivity index (χ0) is 13.0. The van der Waals surface area contributed by atoms with E-state index in [4.69, 9.17) is 16.0 Å². The standard InChI is InChI=1S/C14H15NO3/c1-15-14(7-9-18-10-8-14)12-6-4-3-5-11(12)13(16)17-2/h3-6H,7-10H2,2H3. The average molecular weight is 245 g/mol. The van der Waals surface area contributed by atoms with Crippen LogP contribution in [0.2, 0.25) is 0 Å². The molecule has 1 fully saturated rings. The van der Waals surface area contributed by atoms with Crippen LogP contribution in [0.1, 0.15) is 28.8 Å². The summed E-state index contributed by atoms with van der Waals surface area (Å²) in [5.74, 6) is -0.389. The fourth-order valence-corrected chi connectivity index (χ4v) is 2.33. The van der Waals surface area contributed by atoms with E-state index in [1.54, 1.807) is 12.1 Å². The van der Waals surface area contributed by atoms with Crippen molar-refractivity contribution in [1.29, 1.82) is 0 Å². The van der Waals surface area contributed by atoms with Crippen molar-refractivity contribution in [2.45, 2.75) is 18.4 Å². The van der Waals surface area contributed by atoms with E-state index in [2.05, 4.69) is 4.85 Å². The third-order valence-corrected chi connectivity index (χ3v) is 3.37. The summed E-state index contributed by atoms with van der Waals surface area (Å²) >= 11 is 0. The first-order valence-corrected chi connectivity index (χ1v) is 5.88. The van der Waals surface area contributed by atoms with Crippen molar-refractivity contribution in [2.75, 3.05) is 20.3 Å². The first-order valence-electron chi connectivity index (χ1n) is 5.88. The van der Waals surface area contributed by atoms with Crippen LogP contribution in [0.3, 0.4) is 0 Å². The fourth-order valence-electron chi connectivity index (χ4n) is 2.33. The third-order valence-electron chi connectivity index (χ3n) is 3.37. The second-order valence-electron chi connectivity index (χ2n) is 4.29. The second kappa shape index (κ2) is 5.19. The molecule has 1 aromatic carbocycles. The number of nitrogens with zero attached hydrogens (tertiary/aromatic N) is 1. The lowest BCUT2D eigenvalue weighted by Crippen LogP contribution is -2.32. The van der Waals surface area contributed by atoms with Crippen LogP contribution in [0.25, 0.3) is 4.85 Å². The van der Waals surface area contributed by atoms with Crippen LogP contribution < -0.4 is 0 Å². The van der Waals surface area contributed by atoms with E-state index in [9.17, 15) is 4.79 Å². The molecule has 0 N–H and O–H groups in total. The van der Waals surface area contributed by atoms with Gasteiger partial charge < -0.3 is 14.3 Å². The Balaban J connectivity index is 2.49. The van der Waals surface area contributed by atoms with Gasteiger partial charge in [0.2, 0.25) is 0 Å².